The van der Waals surface area contributed by atoms with Crippen molar-refractivity contribution < 1.29 is 18.7 Å². The summed E-state index contributed by atoms with van der Waals surface area (Å²) >= 11 is 5.19. The van der Waals surface area contributed by atoms with E-state index in [4.69, 9.17) is 17.0 Å². The van der Waals surface area contributed by atoms with Gasteiger partial charge in [0.05, 0.1) is 6.42 Å². The molecule has 41 heavy (non-hydrogen) atoms. The maximum absolute atomic E-state index is 14.8. The van der Waals surface area contributed by atoms with Crippen LogP contribution in [0.2, 0.25) is 0 Å². The molecule has 9 nitrogen and oxygen atoms in total. The Kier molecular flexibility index (Phi) is 9.37. The molecule has 5 rings (SSSR count). The summed E-state index contributed by atoms with van der Waals surface area (Å²) in [5.41, 5.74) is 1.22. The molecule has 0 radical (unpaired) electrons. The van der Waals surface area contributed by atoms with Crippen molar-refractivity contribution in [3.63, 3.8) is 0 Å². The number of piperidine rings is 1. The van der Waals surface area contributed by atoms with Gasteiger partial charge in [-0.2, -0.15) is 0 Å². The Morgan fingerprint density at radius 3 is 2.49 bits per heavy atom. The molecule has 2 aliphatic heterocycles. The highest BCUT2D eigenvalue weighted by atomic mass is 32.1. The number of urea groups is 1. The molecule has 3 heterocycles. The Morgan fingerprint density at radius 1 is 1.00 bits per heavy atom. The van der Waals surface area contributed by atoms with Gasteiger partial charge >= 0.3 is 6.03 Å². The lowest BCUT2D eigenvalue weighted by molar-refractivity contribution is -0.119. The summed E-state index contributed by atoms with van der Waals surface area (Å²) in [4.78, 5) is 33.5. The number of hydrogen-bond donors (Lipinski definition) is 3. The number of benzene rings is 2. The molecule has 3 aromatic rings. The van der Waals surface area contributed by atoms with Crippen LogP contribution in [0.3, 0.4) is 0 Å². The zero-order valence-electron chi connectivity index (χ0n) is 22.6. The van der Waals surface area contributed by atoms with E-state index in [1.54, 1.807) is 18.2 Å². The first-order valence-electron chi connectivity index (χ1n) is 13.8. The molecule has 2 aromatic carbocycles. The maximum atomic E-state index is 14.8. The second kappa shape index (κ2) is 13.5. The zero-order valence-corrected chi connectivity index (χ0v) is 23.5. The maximum Gasteiger partial charge on any atom is 0.323 e. The van der Waals surface area contributed by atoms with Crippen LogP contribution in [0.15, 0.2) is 66.9 Å². The monoisotopic (exact) mass is 576 g/mol. The fraction of sp³-hybridized carbons (Fsp3) is 0.333. The Labute approximate surface area is 244 Å². The van der Waals surface area contributed by atoms with E-state index in [1.165, 1.54) is 37.8 Å². The molecular formula is C30H33FN6O3S. The number of pyridine rings is 1. The smallest absolute Gasteiger partial charge is 0.323 e. The van der Waals surface area contributed by atoms with E-state index in [0.717, 1.165) is 24.9 Å². The van der Waals surface area contributed by atoms with Crippen molar-refractivity contribution >= 4 is 40.8 Å². The predicted octanol–water partition coefficient (Wildman–Crippen LogP) is 5.02. The molecule has 11 heteroatoms. The van der Waals surface area contributed by atoms with Crippen LogP contribution in [0.5, 0.6) is 11.5 Å². The van der Waals surface area contributed by atoms with E-state index in [0.29, 0.717) is 36.3 Å². The number of likely N-dealkylation sites (tertiary alicyclic amines) is 2. The van der Waals surface area contributed by atoms with E-state index < -0.39 is 5.82 Å². The van der Waals surface area contributed by atoms with E-state index in [2.05, 4.69) is 25.8 Å². The lowest BCUT2D eigenvalue weighted by atomic mass is 9.95. The summed E-state index contributed by atoms with van der Waals surface area (Å²) in [5.74, 6) is 0.373. The summed E-state index contributed by atoms with van der Waals surface area (Å²) in [6.45, 7) is 4.94. The van der Waals surface area contributed by atoms with E-state index in [1.807, 2.05) is 35.2 Å². The van der Waals surface area contributed by atoms with Crippen molar-refractivity contribution in [3.8, 4) is 11.5 Å². The number of anilines is 2. The fourth-order valence-corrected chi connectivity index (χ4v) is 5.11. The highest BCUT2D eigenvalue weighted by Crippen LogP contribution is 2.28. The average Bonchev–Trinajstić information content (AvgIpc) is 2.93. The van der Waals surface area contributed by atoms with Crippen LogP contribution in [-0.2, 0) is 11.2 Å². The van der Waals surface area contributed by atoms with Gasteiger partial charge in [0, 0.05) is 43.7 Å². The minimum absolute atomic E-state index is 0.0117. The van der Waals surface area contributed by atoms with Gasteiger partial charge in [-0.1, -0.05) is 30.3 Å². The summed E-state index contributed by atoms with van der Waals surface area (Å²) in [6, 6.07) is 16.5. The third kappa shape index (κ3) is 8.21. The van der Waals surface area contributed by atoms with Gasteiger partial charge in [-0.15, -0.1) is 0 Å². The van der Waals surface area contributed by atoms with Crippen LogP contribution < -0.4 is 20.7 Å². The van der Waals surface area contributed by atoms with E-state index in [-0.39, 0.29) is 29.2 Å². The molecule has 0 spiro atoms. The van der Waals surface area contributed by atoms with Crippen LogP contribution in [0.1, 0.15) is 24.8 Å². The Hall–Kier alpha value is -4.09. The van der Waals surface area contributed by atoms with Gasteiger partial charge < -0.3 is 25.2 Å². The largest absolute Gasteiger partial charge is 0.454 e. The second-order valence-electron chi connectivity index (χ2n) is 10.3. The number of hydrogen-bond acceptors (Lipinski definition) is 6. The number of aromatic nitrogens is 1. The molecule has 0 bridgehead atoms. The minimum Gasteiger partial charge on any atom is -0.454 e. The lowest BCUT2D eigenvalue weighted by Gasteiger charge is -2.38. The molecule has 0 aliphatic carbocycles. The molecular weight excluding hydrogens is 543 g/mol. The first-order valence-corrected chi connectivity index (χ1v) is 14.2. The molecule has 214 valence electrons. The number of halogens is 1. The van der Waals surface area contributed by atoms with Crippen molar-refractivity contribution in [3.05, 3.63) is 78.2 Å². The number of carbonyl (C=O) groups is 2. The van der Waals surface area contributed by atoms with Crippen LogP contribution in [0.4, 0.5) is 20.7 Å². The highest BCUT2D eigenvalue weighted by Gasteiger charge is 2.26. The van der Waals surface area contributed by atoms with Gasteiger partial charge in [-0.3, -0.25) is 10.1 Å². The van der Waals surface area contributed by atoms with Gasteiger partial charge in [-0.05, 0) is 74.3 Å². The van der Waals surface area contributed by atoms with Gasteiger partial charge in [0.15, 0.2) is 16.7 Å². The Balaban J connectivity index is 1.10. The third-order valence-electron chi connectivity index (χ3n) is 7.21. The Bertz CT molecular complexity index is 1380. The van der Waals surface area contributed by atoms with Crippen molar-refractivity contribution in [2.24, 2.45) is 5.92 Å². The number of ether oxygens (including phenoxy) is 1. The molecule has 2 aliphatic rings. The van der Waals surface area contributed by atoms with Gasteiger partial charge in [0.2, 0.25) is 5.91 Å². The SMILES string of the molecule is O=C(Cc1ccccc1)NC(=S)Nc1ccc(Oc2ccnc(NC(=O)N3CCC(CN4CCC4)CC3)c2)c(F)c1. The zero-order chi connectivity index (χ0) is 28.6. The first-order chi connectivity index (χ1) is 19.9. The van der Waals surface area contributed by atoms with Crippen molar-refractivity contribution in [1.29, 1.82) is 0 Å². The number of amides is 3. The predicted molar refractivity (Wildman–Crippen MR) is 160 cm³/mol. The molecule has 2 fully saturated rings. The number of thiocarbonyl (C=S) groups is 1. The summed E-state index contributed by atoms with van der Waals surface area (Å²) < 4.78 is 20.6. The number of carbonyl (C=O) groups excluding carboxylic acids is 2. The molecule has 3 N–H and O–H groups in total. The molecule has 1 aromatic heterocycles. The number of rotatable bonds is 8. The third-order valence-corrected chi connectivity index (χ3v) is 7.42. The summed E-state index contributed by atoms with van der Waals surface area (Å²) in [7, 11) is 0. The van der Waals surface area contributed by atoms with Crippen molar-refractivity contribution in [2.75, 3.05) is 43.4 Å². The summed E-state index contributed by atoms with van der Waals surface area (Å²) in [5, 5.41) is 8.29. The lowest BCUT2D eigenvalue weighted by Crippen LogP contribution is -2.46. The van der Waals surface area contributed by atoms with Gasteiger partial charge in [0.1, 0.15) is 11.6 Å². The molecule has 0 atom stereocenters. The molecule has 0 saturated carbocycles. The van der Waals surface area contributed by atoms with Crippen molar-refractivity contribution in [2.45, 2.75) is 25.7 Å². The van der Waals surface area contributed by atoms with Crippen LogP contribution in [0, 0.1) is 11.7 Å². The highest BCUT2D eigenvalue weighted by molar-refractivity contribution is 7.80. The number of nitrogens with zero attached hydrogens (tertiary/aromatic N) is 3. The topological polar surface area (TPSA) is 98.8 Å². The fourth-order valence-electron chi connectivity index (χ4n) is 4.88. The van der Waals surface area contributed by atoms with Crippen molar-refractivity contribution in [1.82, 2.24) is 20.1 Å². The molecule has 3 amide bonds. The van der Waals surface area contributed by atoms with Crippen LogP contribution >= 0.6 is 12.2 Å². The van der Waals surface area contributed by atoms with E-state index in [9.17, 15) is 14.0 Å². The first kappa shape index (κ1) is 28.4. The normalized spacial score (nSPS) is 15.5. The van der Waals surface area contributed by atoms with Crippen LogP contribution in [0.25, 0.3) is 0 Å². The van der Waals surface area contributed by atoms with E-state index >= 15 is 0 Å². The van der Waals surface area contributed by atoms with Crippen LogP contribution in [-0.4, -0.2) is 64.6 Å². The quantitative estimate of drug-likeness (QED) is 0.324. The van der Waals surface area contributed by atoms with Gasteiger partial charge in [0.25, 0.3) is 0 Å². The molecule has 2 saturated heterocycles. The number of nitrogens with one attached hydrogen (secondary N) is 3. The second-order valence-corrected chi connectivity index (χ2v) is 10.7. The van der Waals surface area contributed by atoms with Gasteiger partial charge in [-0.25, -0.2) is 14.2 Å². The average molecular weight is 577 g/mol. The molecule has 0 unspecified atom stereocenters. The Morgan fingerprint density at radius 2 is 1.78 bits per heavy atom. The standard InChI is InChI=1S/C30H33FN6O3S/c31-25-18-23(33-29(41)35-28(38)17-21-5-2-1-3-6-21)7-8-26(25)40-24-9-12-32-27(19-24)34-30(39)37-15-10-22(11-16-37)20-36-13-4-14-36/h1-3,5-9,12,18-19,22H,4,10-11,13-17,20H2,(H,32,34,39)(H2,33,35,38,41). The minimum atomic E-state index is -0.628. The summed E-state index contributed by atoms with van der Waals surface area (Å²) in [6.07, 6.45) is 4.95.